The molecule has 166 valence electrons. The number of halogens is 2. The lowest BCUT2D eigenvalue weighted by Crippen LogP contribution is -2.47. The summed E-state index contributed by atoms with van der Waals surface area (Å²) in [5, 5.41) is 3.06. The molecule has 4 nitrogen and oxygen atoms in total. The molecule has 1 aliphatic heterocycles. The van der Waals surface area contributed by atoms with Gasteiger partial charge in [-0.05, 0) is 46.4 Å². The highest BCUT2D eigenvalue weighted by atomic mass is 19.3. The number of piperazine rings is 1. The van der Waals surface area contributed by atoms with Crippen LogP contribution in [0, 0.1) is 6.92 Å². The first-order chi connectivity index (χ1) is 14.0. The SMILES string of the molecule is C=CNC(=N[C@@H](C)CN1CCN(C(C)=C(C)C)CC1)c1cccc(C(C)(F)F)c1C. The topological polar surface area (TPSA) is 30.9 Å². The quantitative estimate of drug-likeness (QED) is 0.504. The molecule has 6 heteroatoms. The van der Waals surface area contributed by atoms with Gasteiger partial charge < -0.3 is 10.2 Å². The molecule has 1 fully saturated rings. The first kappa shape index (κ1) is 24.1. The van der Waals surface area contributed by atoms with E-state index >= 15 is 0 Å². The lowest BCUT2D eigenvalue weighted by molar-refractivity contribution is 0.0168. The van der Waals surface area contributed by atoms with E-state index in [2.05, 4.69) is 49.4 Å². The Morgan fingerprint density at radius 1 is 1.23 bits per heavy atom. The van der Waals surface area contributed by atoms with Crippen LogP contribution in [0.15, 0.2) is 47.2 Å². The third kappa shape index (κ3) is 6.14. The summed E-state index contributed by atoms with van der Waals surface area (Å²) in [6, 6.07) is 4.98. The second kappa shape index (κ2) is 10.2. The first-order valence-electron chi connectivity index (χ1n) is 10.6. The Labute approximate surface area is 180 Å². The average Bonchev–Trinajstić information content (AvgIpc) is 2.67. The summed E-state index contributed by atoms with van der Waals surface area (Å²) in [5.41, 5.74) is 3.97. The number of aliphatic imine (C=N–C) groups is 1. The highest BCUT2D eigenvalue weighted by Gasteiger charge is 2.28. The van der Waals surface area contributed by atoms with Crippen LogP contribution in [-0.2, 0) is 5.92 Å². The number of nitrogens with one attached hydrogen (secondary N) is 1. The summed E-state index contributed by atoms with van der Waals surface area (Å²) in [6.07, 6.45) is 1.54. The second-order valence-electron chi connectivity index (χ2n) is 8.41. The minimum Gasteiger partial charge on any atom is -0.373 e. The smallest absolute Gasteiger partial charge is 0.270 e. The molecule has 1 aromatic rings. The first-order valence-corrected chi connectivity index (χ1v) is 10.6. The van der Waals surface area contributed by atoms with Gasteiger partial charge in [0.05, 0.1) is 6.04 Å². The molecule has 0 amide bonds. The van der Waals surface area contributed by atoms with E-state index in [9.17, 15) is 8.78 Å². The van der Waals surface area contributed by atoms with Gasteiger partial charge >= 0.3 is 0 Å². The van der Waals surface area contributed by atoms with Crippen LogP contribution in [0.25, 0.3) is 0 Å². The zero-order chi connectivity index (χ0) is 22.5. The molecular weight excluding hydrogens is 382 g/mol. The highest BCUT2D eigenvalue weighted by molar-refractivity contribution is 6.01. The lowest BCUT2D eigenvalue weighted by atomic mass is 9.97. The monoisotopic (exact) mass is 418 g/mol. The van der Waals surface area contributed by atoms with Crippen molar-refractivity contribution in [3.05, 3.63) is 58.9 Å². The fraction of sp³-hybridized carbons (Fsp3) is 0.542. The summed E-state index contributed by atoms with van der Waals surface area (Å²) < 4.78 is 27.9. The average molecular weight is 419 g/mol. The van der Waals surface area contributed by atoms with E-state index in [1.54, 1.807) is 19.2 Å². The van der Waals surface area contributed by atoms with Gasteiger partial charge in [-0.15, -0.1) is 0 Å². The fourth-order valence-corrected chi connectivity index (χ4v) is 3.87. The summed E-state index contributed by atoms with van der Waals surface area (Å²) in [4.78, 5) is 9.67. The number of hydrogen-bond acceptors (Lipinski definition) is 3. The maximum absolute atomic E-state index is 14.0. The Morgan fingerprint density at radius 2 is 1.87 bits per heavy atom. The Balaban J connectivity index is 2.13. The van der Waals surface area contributed by atoms with Gasteiger partial charge in [-0.1, -0.05) is 30.4 Å². The van der Waals surface area contributed by atoms with Crippen molar-refractivity contribution in [3.8, 4) is 0 Å². The number of nitrogens with zero attached hydrogens (tertiary/aromatic N) is 3. The third-order valence-corrected chi connectivity index (χ3v) is 5.74. The number of hydrogen-bond donors (Lipinski definition) is 1. The Morgan fingerprint density at radius 3 is 2.40 bits per heavy atom. The molecule has 0 unspecified atom stereocenters. The number of benzene rings is 1. The van der Waals surface area contributed by atoms with Crippen LogP contribution >= 0.6 is 0 Å². The predicted octanol–water partition coefficient (Wildman–Crippen LogP) is 4.91. The van der Waals surface area contributed by atoms with Crippen LogP contribution in [0.1, 0.15) is 51.3 Å². The molecule has 30 heavy (non-hydrogen) atoms. The van der Waals surface area contributed by atoms with Gasteiger partial charge in [0.1, 0.15) is 5.84 Å². The van der Waals surface area contributed by atoms with Gasteiger partial charge in [0.2, 0.25) is 0 Å². The third-order valence-electron chi connectivity index (χ3n) is 5.74. The van der Waals surface area contributed by atoms with Crippen LogP contribution in [0.4, 0.5) is 8.78 Å². The summed E-state index contributed by atoms with van der Waals surface area (Å²) in [6.45, 7) is 19.8. The van der Waals surface area contributed by atoms with Crippen molar-refractivity contribution in [2.75, 3.05) is 32.7 Å². The van der Waals surface area contributed by atoms with Crippen LogP contribution < -0.4 is 5.32 Å². The Hall–Kier alpha value is -2.21. The highest BCUT2D eigenvalue weighted by Crippen LogP contribution is 2.31. The van der Waals surface area contributed by atoms with Gasteiger partial charge in [0.25, 0.3) is 5.92 Å². The summed E-state index contributed by atoms with van der Waals surface area (Å²) in [7, 11) is 0. The van der Waals surface area contributed by atoms with Crippen molar-refractivity contribution in [2.24, 2.45) is 4.99 Å². The fourth-order valence-electron chi connectivity index (χ4n) is 3.87. The molecule has 1 atom stereocenters. The van der Waals surface area contributed by atoms with E-state index in [1.165, 1.54) is 17.3 Å². The van der Waals surface area contributed by atoms with Gasteiger partial charge in [0.15, 0.2) is 0 Å². The van der Waals surface area contributed by atoms with E-state index in [0.29, 0.717) is 17.0 Å². The van der Waals surface area contributed by atoms with Gasteiger partial charge in [-0.3, -0.25) is 9.89 Å². The maximum atomic E-state index is 14.0. The normalized spacial score (nSPS) is 16.9. The molecule has 0 bridgehead atoms. The van der Waals surface area contributed by atoms with Crippen molar-refractivity contribution < 1.29 is 8.78 Å². The molecule has 1 aliphatic rings. The van der Waals surface area contributed by atoms with Gasteiger partial charge in [-0.25, -0.2) is 8.78 Å². The molecule has 1 aromatic carbocycles. The van der Waals surface area contributed by atoms with Gasteiger partial charge in [0, 0.05) is 56.5 Å². The number of allylic oxidation sites excluding steroid dienone is 2. The number of rotatable bonds is 7. The Bertz CT molecular complexity index is 796. The Kier molecular flexibility index (Phi) is 8.18. The molecule has 0 saturated carbocycles. The van der Waals surface area contributed by atoms with Crippen LogP contribution in [0.3, 0.4) is 0 Å². The van der Waals surface area contributed by atoms with Crippen molar-refractivity contribution in [3.63, 3.8) is 0 Å². The van der Waals surface area contributed by atoms with Crippen LogP contribution in [-0.4, -0.2) is 54.4 Å². The summed E-state index contributed by atoms with van der Waals surface area (Å²) in [5.74, 6) is -2.31. The zero-order valence-electron chi connectivity index (χ0n) is 19.2. The van der Waals surface area contributed by atoms with Crippen molar-refractivity contribution in [2.45, 2.75) is 53.5 Å². The number of amidine groups is 1. The molecular formula is C24H36F2N4. The molecule has 1 heterocycles. The van der Waals surface area contributed by atoms with Gasteiger partial charge in [-0.2, -0.15) is 0 Å². The number of alkyl halides is 2. The van der Waals surface area contributed by atoms with E-state index in [-0.39, 0.29) is 11.6 Å². The predicted molar refractivity (Wildman–Crippen MR) is 122 cm³/mol. The molecule has 0 radical (unpaired) electrons. The van der Waals surface area contributed by atoms with Crippen molar-refractivity contribution in [1.82, 2.24) is 15.1 Å². The molecule has 1 N–H and O–H groups in total. The largest absolute Gasteiger partial charge is 0.373 e. The second-order valence-corrected chi connectivity index (χ2v) is 8.41. The molecule has 2 rings (SSSR count). The van der Waals surface area contributed by atoms with E-state index in [4.69, 9.17) is 4.99 Å². The molecule has 0 aromatic heterocycles. The van der Waals surface area contributed by atoms with Crippen LogP contribution in [0.2, 0.25) is 0 Å². The molecule has 0 spiro atoms. The molecule has 1 saturated heterocycles. The van der Waals surface area contributed by atoms with E-state index < -0.39 is 5.92 Å². The minimum absolute atomic E-state index is 0.0220. The molecule has 0 aliphatic carbocycles. The minimum atomic E-state index is -2.89. The van der Waals surface area contributed by atoms with E-state index in [0.717, 1.165) is 39.6 Å². The van der Waals surface area contributed by atoms with Crippen molar-refractivity contribution >= 4 is 5.84 Å². The zero-order valence-corrected chi connectivity index (χ0v) is 19.2. The standard InChI is InChI=1S/C24H36F2N4/c1-8-27-23(21-10-9-11-22(19(21)5)24(7,25)26)28-18(4)16-29-12-14-30(15-13-29)20(6)17(2)3/h8-11,18H,1,12-16H2,2-7H3,(H,27,28)/t18-/m0/s1. The lowest BCUT2D eigenvalue weighted by Gasteiger charge is -2.37. The van der Waals surface area contributed by atoms with E-state index in [1.807, 2.05) is 6.07 Å². The summed E-state index contributed by atoms with van der Waals surface area (Å²) >= 11 is 0. The van der Waals surface area contributed by atoms with Crippen molar-refractivity contribution in [1.29, 1.82) is 0 Å². The maximum Gasteiger partial charge on any atom is 0.270 e. The van der Waals surface area contributed by atoms with Crippen LogP contribution in [0.5, 0.6) is 0 Å².